The van der Waals surface area contributed by atoms with Gasteiger partial charge < -0.3 is 31.8 Å². The van der Waals surface area contributed by atoms with Crippen LogP contribution in [-0.2, 0) is 19.1 Å². The predicted molar refractivity (Wildman–Crippen MR) is 114 cm³/mol. The van der Waals surface area contributed by atoms with Crippen LogP contribution in [0.5, 0.6) is 0 Å². The smallest absolute Gasteiger partial charge is 0.404 e. The predicted octanol–water partition coefficient (Wildman–Crippen LogP) is -0.0529. The molecule has 1 fully saturated rings. The first-order chi connectivity index (χ1) is 15.1. The highest BCUT2D eigenvalue weighted by Gasteiger charge is 2.54. The van der Waals surface area contributed by atoms with Gasteiger partial charge in [-0.2, -0.15) is 0 Å². The Balaban J connectivity index is 1.75. The molecule has 3 amide bonds. The van der Waals surface area contributed by atoms with E-state index in [9.17, 15) is 29.5 Å². The van der Waals surface area contributed by atoms with Gasteiger partial charge in [0.15, 0.2) is 10.8 Å². The molecular formula is C16H15ClN6O7S2. The van der Waals surface area contributed by atoms with Gasteiger partial charge in [0.05, 0.1) is 0 Å². The van der Waals surface area contributed by atoms with Crippen molar-refractivity contribution in [1.29, 1.82) is 0 Å². The monoisotopic (exact) mass is 502 g/mol. The van der Waals surface area contributed by atoms with E-state index in [1.165, 1.54) is 23.9 Å². The molecule has 0 unspecified atom stereocenters. The number of hydrogen-bond acceptors (Lipinski definition) is 11. The van der Waals surface area contributed by atoms with Gasteiger partial charge in [0.2, 0.25) is 0 Å². The number of nitrogens with one attached hydrogen (secondary N) is 1. The van der Waals surface area contributed by atoms with Crippen LogP contribution in [0, 0.1) is 0 Å². The summed E-state index contributed by atoms with van der Waals surface area (Å²) in [4.78, 5) is 52.5. The molecule has 0 radical (unpaired) electrons. The van der Waals surface area contributed by atoms with Gasteiger partial charge in [-0.3, -0.25) is 14.5 Å². The van der Waals surface area contributed by atoms with Gasteiger partial charge in [-0.1, -0.05) is 34.2 Å². The number of carbonyl (C=O) groups excluding carboxylic acids is 3. The number of aliphatic carboxylic acids is 1. The number of nitrogen functional groups attached to an aromatic ring is 1. The molecule has 170 valence electrons. The van der Waals surface area contributed by atoms with Crippen LogP contribution in [0.15, 0.2) is 28.6 Å². The number of nitrogens with zero attached hydrogens (tertiary/aromatic N) is 3. The lowest BCUT2D eigenvalue weighted by atomic mass is 10.0. The molecule has 1 aromatic heterocycles. The van der Waals surface area contributed by atoms with Crippen LogP contribution >= 0.6 is 34.7 Å². The maximum Gasteiger partial charge on any atom is 0.404 e. The molecule has 2 aliphatic rings. The van der Waals surface area contributed by atoms with Crippen LogP contribution in [0.1, 0.15) is 5.69 Å². The number of nitrogens with two attached hydrogens (primary N) is 2. The van der Waals surface area contributed by atoms with Crippen LogP contribution < -0.4 is 16.8 Å². The van der Waals surface area contributed by atoms with Crippen molar-refractivity contribution in [3.63, 3.8) is 0 Å². The summed E-state index contributed by atoms with van der Waals surface area (Å²) in [5, 5.41) is 23.5. The third-order valence-corrected chi connectivity index (χ3v) is 6.66. The first-order valence-electron chi connectivity index (χ1n) is 8.60. The number of carbonyl (C=O) groups is 4. The lowest BCUT2D eigenvalue weighted by Gasteiger charge is -2.49. The topological polar surface area (TPSA) is 211 Å². The summed E-state index contributed by atoms with van der Waals surface area (Å²) in [5.74, 6) is -2.75. The van der Waals surface area contributed by atoms with Crippen molar-refractivity contribution in [2.45, 2.75) is 11.4 Å². The van der Waals surface area contributed by atoms with Crippen molar-refractivity contribution < 1.29 is 34.2 Å². The normalized spacial score (nSPS) is 20.7. The SMILES string of the molecule is NC(=O)OC/C=C\C1=C(C(=O)O)N2C(=O)[C@@H](NC(=O)/C(=N\O)c3nc(N)sc3Cl)[C@@H]2SC1. The van der Waals surface area contributed by atoms with Crippen molar-refractivity contribution in [2.24, 2.45) is 10.9 Å². The number of carboxylic acid groups (broad SMARTS) is 1. The number of anilines is 1. The minimum absolute atomic E-state index is 0.0203. The second kappa shape index (κ2) is 9.46. The molecule has 2 atom stereocenters. The number of β-lactam (4-membered cyclic amide) rings is 1. The maximum atomic E-state index is 12.7. The Kier molecular flexibility index (Phi) is 6.90. The molecule has 32 heavy (non-hydrogen) atoms. The minimum Gasteiger partial charge on any atom is -0.477 e. The van der Waals surface area contributed by atoms with E-state index in [0.717, 1.165) is 16.2 Å². The number of amides is 3. The van der Waals surface area contributed by atoms with Gasteiger partial charge in [-0.25, -0.2) is 14.6 Å². The summed E-state index contributed by atoms with van der Waals surface area (Å²) < 4.78 is 4.57. The van der Waals surface area contributed by atoms with Gasteiger partial charge >= 0.3 is 12.1 Å². The zero-order valence-electron chi connectivity index (χ0n) is 15.9. The van der Waals surface area contributed by atoms with E-state index in [4.69, 9.17) is 23.1 Å². The van der Waals surface area contributed by atoms with Crippen molar-refractivity contribution in [2.75, 3.05) is 18.1 Å². The highest BCUT2D eigenvalue weighted by molar-refractivity contribution is 8.00. The summed E-state index contributed by atoms with van der Waals surface area (Å²) in [5.41, 5.74) is 9.75. The Morgan fingerprint density at radius 3 is 2.72 bits per heavy atom. The fraction of sp³-hybridized carbons (Fsp3) is 0.250. The number of aromatic nitrogens is 1. The summed E-state index contributed by atoms with van der Waals surface area (Å²) in [6.07, 6.45) is 1.82. The zero-order valence-corrected chi connectivity index (χ0v) is 18.2. The lowest BCUT2D eigenvalue weighted by Crippen LogP contribution is -2.71. The fourth-order valence-corrected chi connectivity index (χ4v) is 5.21. The Labute approximate surface area is 192 Å². The van der Waals surface area contributed by atoms with E-state index in [0.29, 0.717) is 5.57 Å². The molecule has 0 bridgehead atoms. The van der Waals surface area contributed by atoms with Gasteiger partial charge in [0, 0.05) is 5.75 Å². The Morgan fingerprint density at radius 2 is 2.16 bits per heavy atom. The molecule has 3 rings (SSSR count). The second-order valence-corrected chi connectivity index (χ2v) is 8.93. The quantitative estimate of drug-likeness (QED) is 0.145. The van der Waals surface area contributed by atoms with E-state index < -0.39 is 41.0 Å². The molecule has 3 heterocycles. The number of ether oxygens (including phenoxy) is 1. The summed E-state index contributed by atoms with van der Waals surface area (Å²) in [6, 6.07) is -1.07. The minimum atomic E-state index is -1.34. The molecule has 0 aliphatic carbocycles. The molecule has 1 aromatic rings. The number of halogens is 1. The van der Waals surface area contributed by atoms with Gasteiger partial charge in [-0.05, 0) is 11.6 Å². The van der Waals surface area contributed by atoms with Gasteiger partial charge in [0.25, 0.3) is 11.8 Å². The fourth-order valence-electron chi connectivity index (χ4n) is 2.96. The van der Waals surface area contributed by atoms with Crippen molar-refractivity contribution >= 4 is 69.4 Å². The van der Waals surface area contributed by atoms with E-state index in [1.54, 1.807) is 0 Å². The van der Waals surface area contributed by atoms with Gasteiger partial charge in [0.1, 0.15) is 33.7 Å². The molecule has 16 heteroatoms. The molecular weight excluding hydrogens is 488 g/mol. The highest BCUT2D eigenvalue weighted by atomic mass is 35.5. The van der Waals surface area contributed by atoms with E-state index in [2.05, 4.69) is 20.2 Å². The van der Waals surface area contributed by atoms with Crippen LogP contribution in [0.4, 0.5) is 9.93 Å². The second-order valence-electron chi connectivity index (χ2n) is 6.20. The summed E-state index contributed by atoms with van der Waals surface area (Å²) >= 11 is 8.01. The van der Waals surface area contributed by atoms with Crippen LogP contribution in [0.3, 0.4) is 0 Å². The number of carboxylic acids is 1. The molecule has 0 spiro atoms. The largest absolute Gasteiger partial charge is 0.477 e. The molecule has 1 saturated heterocycles. The van der Waals surface area contributed by atoms with Crippen molar-refractivity contribution in [3.05, 3.63) is 33.5 Å². The Bertz CT molecular complexity index is 1080. The average Bonchev–Trinajstić information content (AvgIpc) is 3.06. The van der Waals surface area contributed by atoms with Crippen molar-refractivity contribution in [1.82, 2.24) is 15.2 Å². The highest BCUT2D eigenvalue weighted by Crippen LogP contribution is 2.40. The first-order valence-corrected chi connectivity index (χ1v) is 10.8. The van der Waals surface area contributed by atoms with Crippen LogP contribution in [0.25, 0.3) is 0 Å². The number of hydrogen-bond donors (Lipinski definition) is 5. The number of rotatable bonds is 7. The maximum absolute atomic E-state index is 12.7. The number of thioether (sulfide) groups is 1. The summed E-state index contributed by atoms with van der Waals surface area (Å²) in [6.45, 7) is -0.167. The van der Waals surface area contributed by atoms with Gasteiger partial charge in [-0.15, -0.1) is 11.8 Å². The standard InChI is InChI=1S/C16H15ClN6O7S2/c17-10-6(21-15(18)32-10)7(22-29)11(24)20-8-12(25)23-9(14(26)27)5(4-31-13(8)23)2-1-3-30-16(19)28/h1-2,8,13,29H,3-4H2,(H2,18,21)(H2,19,28)(H,20,24)(H,26,27)/b2-1-,22-7-/t8-,13+/m1/s1. The van der Waals surface area contributed by atoms with Crippen molar-refractivity contribution in [3.8, 4) is 0 Å². The zero-order chi connectivity index (χ0) is 23.6. The third-order valence-electron chi connectivity index (χ3n) is 4.27. The lowest BCUT2D eigenvalue weighted by molar-refractivity contribution is -0.150. The number of allylic oxidation sites excluding steroid dienone is 1. The Hall–Kier alpha value is -3.30. The molecule has 0 aromatic carbocycles. The molecule has 2 aliphatic heterocycles. The van der Waals surface area contributed by atoms with Crippen LogP contribution in [-0.4, -0.2) is 73.6 Å². The molecule has 13 nitrogen and oxygen atoms in total. The summed E-state index contributed by atoms with van der Waals surface area (Å²) in [7, 11) is 0. The molecule has 0 saturated carbocycles. The number of fused-ring (bicyclic) bond motifs is 1. The Morgan fingerprint density at radius 1 is 1.44 bits per heavy atom. The first kappa shape index (κ1) is 23.4. The van der Waals surface area contributed by atoms with Crippen LogP contribution in [0.2, 0.25) is 4.34 Å². The van der Waals surface area contributed by atoms with E-state index in [-0.39, 0.29) is 33.2 Å². The number of oxime groups is 1. The number of thiazole rings is 1. The van der Waals surface area contributed by atoms with E-state index >= 15 is 0 Å². The molecule has 7 N–H and O–H groups in total. The number of primary amides is 1. The average molecular weight is 503 g/mol. The van der Waals surface area contributed by atoms with E-state index in [1.807, 2.05) is 0 Å². The third kappa shape index (κ3) is 4.49.